The molecule has 6 aromatic rings. The van der Waals surface area contributed by atoms with E-state index in [1.165, 1.54) is 5.56 Å². The summed E-state index contributed by atoms with van der Waals surface area (Å²) >= 11 is 0. The first-order valence-corrected chi connectivity index (χ1v) is 19.7. The molecule has 0 amide bonds. The number of carbonyl (C=O) groups is 1. The minimum atomic E-state index is -2.49. The molecule has 1 aliphatic rings. The average molecular weight is 763 g/mol. The van der Waals surface area contributed by atoms with E-state index >= 15 is 4.79 Å². The average Bonchev–Trinajstić information content (AvgIpc) is 3.26. The van der Waals surface area contributed by atoms with Crippen molar-refractivity contribution in [3.63, 3.8) is 0 Å². The van der Waals surface area contributed by atoms with Crippen LogP contribution in [0, 0.1) is 0 Å². The summed E-state index contributed by atoms with van der Waals surface area (Å²) in [6, 6.07) is 54.9. The number of hydrogen-bond donors (Lipinski definition) is 1. The zero-order valence-electron chi connectivity index (χ0n) is 32.3. The molecule has 292 valence electrons. The molecule has 0 saturated carbocycles. The Morgan fingerprint density at radius 1 is 0.544 bits per heavy atom. The predicted octanol–water partition coefficient (Wildman–Crippen LogP) is 9.08. The molecule has 7 nitrogen and oxygen atoms in total. The second-order valence-corrected chi connectivity index (χ2v) is 14.4. The number of aliphatic hydroxyl groups is 1. The first-order valence-electron chi connectivity index (χ1n) is 19.7. The van der Waals surface area contributed by atoms with E-state index < -0.39 is 36.0 Å². The summed E-state index contributed by atoms with van der Waals surface area (Å²) < 4.78 is 33.2. The summed E-state index contributed by atoms with van der Waals surface area (Å²) in [5.41, 5.74) is 7.07. The first-order chi connectivity index (χ1) is 28.0. The lowest BCUT2D eigenvalue weighted by Gasteiger charge is -2.49. The van der Waals surface area contributed by atoms with E-state index in [2.05, 4.69) is 31.2 Å². The van der Waals surface area contributed by atoms with Crippen LogP contribution in [0.4, 0.5) is 0 Å². The van der Waals surface area contributed by atoms with Gasteiger partial charge in [0.25, 0.3) is 5.79 Å². The second-order valence-electron chi connectivity index (χ2n) is 14.4. The third-order valence-electron chi connectivity index (χ3n) is 10.4. The molecular weight excluding hydrogens is 713 g/mol. The molecule has 5 atom stereocenters. The van der Waals surface area contributed by atoms with Gasteiger partial charge in [0.05, 0.1) is 33.0 Å². The number of ether oxygens (including phenoxy) is 5. The monoisotopic (exact) mass is 762 g/mol. The summed E-state index contributed by atoms with van der Waals surface area (Å²) in [5.74, 6) is -3.12. The molecule has 0 radical (unpaired) electrons. The maximum atomic E-state index is 15.2. The first kappa shape index (κ1) is 40.0. The van der Waals surface area contributed by atoms with Gasteiger partial charge in [0.15, 0.2) is 0 Å². The van der Waals surface area contributed by atoms with Crippen LogP contribution in [0.1, 0.15) is 56.2 Å². The van der Waals surface area contributed by atoms with Crippen molar-refractivity contribution in [2.45, 2.75) is 76.4 Å². The van der Waals surface area contributed by atoms with Crippen LogP contribution in [-0.2, 0) is 63.0 Å². The van der Waals surface area contributed by atoms with E-state index in [9.17, 15) is 5.11 Å². The van der Waals surface area contributed by atoms with Crippen molar-refractivity contribution in [2.75, 3.05) is 6.61 Å². The predicted molar refractivity (Wildman–Crippen MR) is 220 cm³/mol. The summed E-state index contributed by atoms with van der Waals surface area (Å²) in [6.07, 6.45) is -2.61. The molecule has 0 bridgehead atoms. The lowest BCUT2D eigenvalue weighted by molar-refractivity contribution is -0.347. The van der Waals surface area contributed by atoms with Crippen molar-refractivity contribution in [2.24, 2.45) is 0 Å². The number of carbonyl (C=O) groups excluding carboxylic acids is 1. The number of benzene rings is 6. The molecule has 57 heavy (non-hydrogen) atoms. The summed E-state index contributed by atoms with van der Waals surface area (Å²) in [6.45, 7) is 2.91. The molecule has 1 fully saturated rings. The van der Waals surface area contributed by atoms with Crippen molar-refractivity contribution in [3.8, 4) is 0 Å². The van der Waals surface area contributed by atoms with Crippen LogP contribution < -0.4 is 0 Å². The van der Waals surface area contributed by atoms with Gasteiger partial charge in [-0.2, -0.15) is 0 Å². The topological polar surface area (TPSA) is 83.5 Å². The van der Waals surface area contributed by atoms with Crippen molar-refractivity contribution in [1.82, 2.24) is 0 Å². The van der Waals surface area contributed by atoms with E-state index in [0.717, 1.165) is 39.8 Å². The fourth-order valence-electron chi connectivity index (χ4n) is 7.24. The minimum Gasteiger partial charge on any atom is -0.374 e. The Bertz CT molecular complexity index is 2110. The Labute approximate surface area is 335 Å². The summed E-state index contributed by atoms with van der Waals surface area (Å²) in [7, 11) is 0. The SMILES string of the molecule is CCc1ccc(Cc2ccccc2C(=O)[C@]2(O)O[C@H](COCc3ccccc3)[C@@H](OCc3ccccc3)[C@H](OCc3ccccc3)[C@H]2OCc2ccccc2)cc1. The molecule has 0 aromatic heterocycles. The van der Waals surface area contributed by atoms with Gasteiger partial charge in [0.1, 0.15) is 24.4 Å². The van der Waals surface area contributed by atoms with Crippen LogP contribution in [0.2, 0.25) is 0 Å². The molecule has 0 unspecified atom stereocenters. The molecule has 1 aliphatic heterocycles. The highest BCUT2D eigenvalue weighted by Gasteiger charge is 2.60. The smallest absolute Gasteiger partial charge is 0.261 e. The fraction of sp³-hybridized carbons (Fsp3) is 0.260. The fourth-order valence-corrected chi connectivity index (χ4v) is 7.24. The van der Waals surface area contributed by atoms with Gasteiger partial charge in [-0.05, 0) is 51.8 Å². The highest BCUT2D eigenvalue weighted by atomic mass is 16.7. The molecule has 1 N–H and O–H groups in total. The molecule has 0 aliphatic carbocycles. The standard InChI is InChI=1S/C50H50O7/c1-2-37-27-29-38(30-28-37)31-43-25-15-16-26-44(43)48(51)50(52)49(56-35-42-23-13-6-14-24-42)47(55-34-41-21-11-5-12-22-41)46(54-33-40-19-9-4-10-20-40)45(57-50)36-53-32-39-17-7-3-8-18-39/h3-30,45-47,49,52H,2,31-36H2,1H3/t45-,46-,47+,49-,50+/m1/s1. The zero-order valence-corrected chi connectivity index (χ0v) is 32.3. The number of hydrogen-bond acceptors (Lipinski definition) is 7. The van der Waals surface area contributed by atoms with Gasteiger partial charge in [-0.15, -0.1) is 0 Å². The van der Waals surface area contributed by atoms with Crippen LogP contribution in [-0.4, -0.2) is 47.7 Å². The molecule has 0 spiro atoms. The van der Waals surface area contributed by atoms with Crippen LogP contribution in [0.3, 0.4) is 0 Å². The number of aryl methyl sites for hydroxylation is 1. The normalized spacial score (nSPS) is 20.6. The van der Waals surface area contributed by atoms with E-state index in [4.69, 9.17) is 23.7 Å². The van der Waals surface area contributed by atoms with E-state index in [1.807, 2.05) is 133 Å². The van der Waals surface area contributed by atoms with Crippen LogP contribution in [0.25, 0.3) is 0 Å². The highest BCUT2D eigenvalue weighted by Crippen LogP contribution is 2.38. The van der Waals surface area contributed by atoms with Crippen molar-refractivity contribution in [3.05, 3.63) is 214 Å². The van der Waals surface area contributed by atoms with Crippen molar-refractivity contribution >= 4 is 5.78 Å². The van der Waals surface area contributed by atoms with Gasteiger partial charge in [-0.1, -0.05) is 177 Å². The summed E-state index contributed by atoms with van der Waals surface area (Å²) in [4.78, 5) is 15.2. The van der Waals surface area contributed by atoms with Gasteiger partial charge >= 0.3 is 0 Å². The third-order valence-corrected chi connectivity index (χ3v) is 10.4. The van der Waals surface area contributed by atoms with Crippen LogP contribution in [0.5, 0.6) is 0 Å². The Morgan fingerprint density at radius 2 is 1.00 bits per heavy atom. The Hall–Kier alpha value is -5.25. The zero-order chi connectivity index (χ0) is 39.3. The molecule has 6 aromatic carbocycles. The van der Waals surface area contributed by atoms with Gasteiger partial charge in [-0.25, -0.2) is 0 Å². The maximum absolute atomic E-state index is 15.2. The second kappa shape index (κ2) is 19.7. The van der Waals surface area contributed by atoms with Gasteiger partial charge in [0.2, 0.25) is 5.78 Å². The van der Waals surface area contributed by atoms with Crippen LogP contribution >= 0.6 is 0 Å². The Morgan fingerprint density at radius 3 is 1.54 bits per heavy atom. The molecule has 7 heteroatoms. The maximum Gasteiger partial charge on any atom is 0.261 e. The van der Waals surface area contributed by atoms with Crippen molar-refractivity contribution in [1.29, 1.82) is 0 Å². The lowest BCUT2D eigenvalue weighted by atomic mass is 9.85. The molecule has 1 saturated heterocycles. The summed E-state index contributed by atoms with van der Waals surface area (Å²) in [5, 5.41) is 13.1. The number of rotatable bonds is 18. The largest absolute Gasteiger partial charge is 0.374 e. The van der Waals surface area contributed by atoms with Gasteiger partial charge < -0.3 is 28.8 Å². The minimum absolute atomic E-state index is 0.00592. The Kier molecular flexibility index (Phi) is 13.8. The number of Topliss-reactive ketones (excluding diaryl/α,β-unsaturated/α-hetero) is 1. The Balaban J connectivity index is 1.28. The molecular formula is C50H50O7. The van der Waals surface area contributed by atoms with Gasteiger partial charge in [-0.3, -0.25) is 4.79 Å². The number of ketones is 1. The lowest BCUT2D eigenvalue weighted by Crippen LogP contribution is -2.70. The van der Waals surface area contributed by atoms with Crippen molar-refractivity contribution < 1.29 is 33.6 Å². The third kappa shape index (κ3) is 10.4. The van der Waals surface area contributed by atoms with E-state index in [0.29, 0.717) is 18.6 Å². The van der Waals surface area contributed by atoms with E-state index in [-0.39, 0.29) is 26.4 Å². The quantitative estimate of drug-likeness (QED) is 0.0876. The van der Waals surface area contributed by atoms with Crippen LogP contribution in [0.15, 0.2) is 170 Å². The molecule has 1 heterocycles. The van der Waals surface area contributed by atoms with Gasteiger partial charge in [0, 0.05) is 5.56 Å². The molecule has 7 rings (SSSR count). The highest BCUT2D eigenvalue weighted by molar-refractivity contribution is 6.03. The van der Waals surface area contributed by atoms with E-state index in [1.54, 1.807) is 12.1 Å².